The molecule has 0 aliphatic carbocycles. The van der Waals surface area contributed by atoms with Crippen molar-refractivity contribution in [2.75, 3.05) is 21.3 Å². The van der Waals surface area contributed by atoms with Crippen LogP contribution in [0.15, 0.2) is 121 Å². The van der Waals surface area contributed by atoms with Crippen LogP contribution in [0.2, 0.25) is 0 Å². The fraction of sp³-hybridized carbons (Fsp3) is 0.0625. The first-order valence-corrected chi connectivity index (χ1v) is 18.2. The van der Waals surface area contributed by atoms with Gasteiger partial charge in [0.05, 0.1) is 44.1 Å². The van der Waals surface area contributed by atoms with Crippen LogP contribution < -0.4 is 14.2 Å². The molecule has 2 aliphatic heterocycles. The molecule has 5 heterocycles. The number of nitrogens with zero attached hydrogens (tertiary/aromatic N) is 2. The molecule has 9 rings (SSSR count). The van der Waals surface area contributed by atoms with Gasteiger partial charge in [-0.05, 0) is 107 Å². The van der Waals surface area contributed by atoms with Crippen molar-refractivity contribution >= 4 is 52.7 Å². The first-order valence-electron chi connectivity index (χ1n) is 18.2. The molecule has 0 radical (unpaired) electrons. The second-order valence-electron chi connectivity index (χ2n) is 13.4. The minimum atomic E-state index is 0.594. The zero-order chi connectivity index (χ0) is 38.2. The monoisotopic (exact) mass is 732 g/mol. The summed E-state index contributed by atoms with van der Waals surface area (Å²) in [6.07, 6.45) is 9.04. The van der Waals surface area contributed by atoms with E-state index < -0.39 is 0 Å². The normalized spacial score (nSPS) is 11.8. The first-order chi connectivity index (χ1) is 27.5. The highest BCUT2D eigenvalue weighted by atomic mass is 16.5. The Balaban J connectivity index is 1.44. The van der Waals surface area contributed by atoms with Gasteiger partial charge in [-0.1, -0.05) is 60.7 Å². The minimum Gasteiger partial charge on any atom is -0.497 e. The molecule has 0 amide bonds. The number of carbonyl (C=O) groups is 1. The maximum Gasteiger partial charge on any atom is 0.150 e. The number of aromatic nitrogens is 4. The number of rotatable bonds is 8. The van der Waals surface area contributed by atoms with E-state index in [1.54, 1.807) is 21.3 Å². The maximum atomic E-state index is 11.6. The zero-order valence-corrected chi connectivity index (χ0v) is 31.0. The van der Waals surface area contributed by atoms with E-state index in [2.05, 4.69) is 82.8 Å². The molecule has 0 saturated carbocycles. The Morgan fingerprint density at radius 2 is 0.696 bits per heavy atom. The average molecular weight is 733 g/mol. The summed E-state index contributed by atoms with van der Waals surface area (Å²) in [7, 11) is 5.00. The smallest absolute Gasteiger partial charge is 0.150 e. The second kappa shape index (κ2) is 14.4. The highest BCUT2D eigenvalue weighted by Crippen LogP contribution is 2.39. The largest absolute Gasteiger partial charge is 0.497 e. The van der Waals surface area contributed by atoms with E-state index in [0.717, 1.165) is 113 Å². The number of fused-ring (bicyclic) bond motifs is 8. The number of methoxy groups -OCH3 is 3. The summed E-state index contributed by atoms with van der Waals surface area (Å²) in [6, 6.07) is 40.2. The molecule has 0 fully saturated rings. The van der Waals surface area contributed by atoms with Gasteiger partial charge < -0.3 is 24.2 Å². The molecule has 0 unspecified atom stereocenters. The summed E-state index contributed by atoms with van der Waals surface area (Å²) in [5.74, 6) is 2.31. The lowest BCUT2D eigenvalue weighted by molar-refractivity contribution is 0.112. The van der Waals surface area contributed by atoms with E-state index in [9.17, 15) is 4.79 Å². The van der Waals surface area contributed by atoms with Gasteiger partial charge in [-0.2, -0.15) is 0 Å². The number of hydrogen-bond donors (Lipinski definition) is 2. The van der Waals surface area contributed by atoms with Crippen molar-refractivity contribution in [2.24, 2.45) is 0 Å². The fourth-order valence-electron chi connectivity index (χ4n) is 7.42. The summed E-state index contributed by atoms with van der Waals surface area (Å²) in [4.78, 5) is 29.9. The molecule has 7 aromatic rings. The molecule has 2 aliphatic rings. The predicted molar refractivity (Wildman–Crippen MR) is 226 cm³/mol. The molecule has 8 bridgehead atoms. The van der Waals surface area contributed by atoms with Gasteiger partial charge in [0, 0.05) is 49.9 Å². The standard InChI is InChI=1S/C48H36N4O4/c1-54-34-14-8-31(9-15-34)46-39-22-20-37(49-39)45(30-6-4-29(28-53)5-7-30)38-21-23-40(50-38)47(32-10-16-35(55-2)17-11-32)42-25-27-44(52-42)48(43-26-24-41(46)51-43)33-12-18-36(56-3)19-13-33/h4-28,51-52H,1-3H3. The molecule has 3 aromatic heterocycles. The Kier molecular flexibility index (Phi) is 8.83. The molecule has 0 spiro atoms. The number of benzene rings is 4. The van der Waals surface area contributed by atoms with Crippen molar-refractivity contribution in [1.82, 2.24) is 19.9 Å². The van der Waals surface area contributed by atoms with E-state index in [0.29, 0.717) is 5.56 Å². The van der Waals surface area contributed by atoms with Crippen molar-refractivity contribution < 1.29 is 19.0 Å². The summed E-state index contributed by atoms with van der Waals surface area (Å²) >= 11 is 0. The van der Waals surface area contributed by atoms with Crippen molar-refractivity contribution in [3.8, 4) is 61.8 Å². The Hall–Kier alpha value is -7.45. The first kappa shape index (κ1) is 34.3. The van der Waals surface area contributed by atoms with E-state index in [-0.39, 0.29) is 0 Å². The quantitative estimate of drug-likeness (QED) is 0.151. The Morgan fingerprint density at radius 1 is 0.393 bits per heavy atom. The van der Waals surface area contributed by atoms with Gasteiger partial charge in [0.1, 0.15) is 23.5 Å². The zero-order valence-electron chi connectivity index (χ0n) is 31.0. The van der Waals surface area contributed by atoms with Crippen LogP contribution in [0.5, 0.6) is 17.2 Å². The van der Waals surface area contributed by atoms with Crippen LogP contribution in [0.3, 0.4) is 0 Å². The van der Waals surface area contributed by atoms with Crippen LogP contribution in [0.1, 0.15) is 33.1 Å². The van der Waals surface area contributed by atoms with Crippen LogP contribution in [-0.4, -0.2) is 47.6 Å². The van der Waals surface area contributed by atoms with Gasteiger partial charge in [-0.3, -0.25) is 4.79 Å². The van der Waals surface area contributed by atoms with Crippen LogP contribution in [-0.2, 0) is 0 Å². The highest BCUT2D eigenvalue weighted by molar-refractivity contribution is 6.00. The van der Waals surface area contributed by atoms with Gasteiger partial charge in [-0.25, -0.2) is 9.97 Å². The summed E-state index contributed by atoms with van der Waals surface area (Å²) < 4.78 is 16.6. The number of nitrogens with one attached hydrogen (secondary N) is 2. The maximum absolute atomic E-state index is 11.6. The summed E-state index contributed by atoms with van der Waals surface area (Å²) in [6.45, 7) is 0. The van der Waals surface area contributed by atoms with Gasteiger partial charge in [-0.15, -0.1) is 0 Å². The third-order valence-electron chi connectivity index (χ3n) is 10.2. The van der Waals surface area contributed by atoms with Crippen LogP contribution in [0, 0.1) is 0 Å². The third-order valence-corrected chi connectivity index (χ3v) is 10.2. The van der Waals surface area contributed by atoms with Crippen LogP contribution in [0.4, 0.5) is 0 Å². The molecule has 8 nitrogen and oxygen atoms in total. The molecule has 0 saturated heterocycles. The van der Waals surface area contributed by atoms with Gasteiger partial charge >= 0.3 is 0 Å². The lowest BCUT2D eigenvalue weighted by Gasteiger charge is -2.08. The Bertz CT molecular complexity index is 2700. The molecule has 56 heavy (non-hydrogen) atoms. The molecule has 8 heteroatoms. The van der Waals surface area contributed by atoms with Gasteiger partial charge in [0.2, 0.25) is 0 Å². The molecular weight excluding hydrogens is 697 g/mol. The molecule has 2 N–H and O–H groups in total. The van der Waals surface area contributed by atoms with Crippen molar-refractivity contribution in [3.05, 3.63) is 150 Å². The van der Waals surface area contributed by atoms with Crippen molar-refractivity contribution in [2.45, 2.75) is 0 Å². The minimum absolute atomic E-state index is 0.594. The van der Waals surface area contributed by atoms with Gasteiger partial charge in [0.15, 0.2) is 0 Å². The Labute approximate surface area is 323 Å². The summed E-state index contributed by atoms with van der Waals surface area (Å²) in [5, 5.41) is 0. The SMILES string of the molecule is COc1ccc(-c2c3nc(c(-c4ccc(C=O)cc4)c4nc(c(-c5ccc(OC)cc5)c5ccc([nH]5)c(-c5ccc(OC)cc5)c5ccc2[nH]5)C=C4)C=C3)cc1. The number of hydrogen-bond acceptors (Lipinski definition) is 6. The highest BCUT2D eigenvalue weighted by Gasteiger charge is 2.20. The van der Waals surface area contributed by atoms with Crippen molar-refractivity contribution in [1.29, 1.82) is 0 Å². The van der Waals surface area contributed by atoms with Crippen molar-refractivity contribution in [3.63, 3.8) is 0 Å². The lowest BCUT2D eigenvalue weighted by atomic mass is 10.0. The molecule has 4 aromatic carbocycles. The van der Waals surface area contributed by atoms with Gasteiger partial charge in [0.25, 0.3) is 0 Å². The average Bonchev–Trinajstić information content (AvgIpc) is 4.10. The number of aromatic amines is 2. The number of H-pyrrole nitrogens is 2. The Morgan fingerprint density at radius 3 is 1.05 bits per heavy atom. The molecule has 0 atom stereocenters. The molecule has 272 valence electrons. The third kappa shape index (κ3) is 6.23. The lowest BCUT2D eigenvalue weighted by Crippen LogP contribution is -1.92. The fourth-order valence-corrected chi connectivity index (χ4v) is 7.42. The van der Waals surface area contributed by atoms with E-state index in [1.165, 1.54) is 0 Å². The van der Waals surface area contributed by atoms with E-state index in [1.807, 2.05) is 72.8 Å². The van der Waals surface area contributed by atoms with Crippen LogP contribution in [0.25, 0.3) is 90.9 Å². The number of aldehydes is 1. The number of carbonyl (C=O) groups excluding carboxylic acids is 1. The van der Waals surface area contributed by atoms with Crippen LogP contribution >= 0.6 is 0 Å². The summed E-state index contributed by atoms with van der Waals surface area (Å²) in [5.41, 5.74) is 14.9. The van der Waals surface area contributed by atoms with E-state index in [4.69, 9.17) is 24.2 Å². The second-order valence-corrected chi connectivity index (χ2v) is 13.4. The topological polar surface area (TPSA) is 102 Å². The number of ether oxygens (including phenoxy) is 3. The molecular formula is C48H36N4O4. The predicted octanol–water partition coefficient (Wildman–Crippen LogP) is 11.2. The van der Waals surface area contributed by atoms with E-state index >= 15 is 0 Å².